The van der Waals surface area contributed by atoms with Gasteiger partial charge in [0.25, 0.3) is 0 Å². The normalized spacial score (nSPS) is 10.4. The quantitative estimate of drug-likeness (QED) is 0.523. The van der Waals surface area contributed by atoms with Crippen molar-refractivity contribution in [1.82, 2.24) is 0 Å². The first-order valence-electron chi connectivity index (χ1n) is 5.11. The Morgan fingerprint density at radius 3 is 2.00 bits per heavy atom. The molecule has 0 aliphatic rings. The van der Waals surface area contributed by atoms with E-state index in [1.165, 1.54) is 12.6 Å². The number of benzene rings is 1. The maximum Gasteiger partial charge on any atom is 0.155 e. The first kappa shape index (κ1) is 15.1. The van der Waals surface area contributed by atoms with Gasteiger partial charge in [-0.3, -0.25) is 0 Å². The molecule has 0 aliphatic heterocycles. The molecule has 0 bridgehead atoms. The molecule has 0 spiro atoms. The monoisotopic (exact) mass is 242 g/mol. The third kappa shape index (κ3) is 3.61. The van der Waals surface area contributed by atoms with E-state index in [9.17, 15) is 0 Å². The number of nitrogen functional groups attached to an aromatic ring is 1. The van der Waals surface area contributed by atoms with Crippen LogP contribution in [0.4, 0.5) is 5.69 Å². The third-order valence-corrected chi connectivity index (χ3v) is 2.50. The molecule has 16 heavy (non-hydrogen) atoms. The first-order chi connectivity index (χ1) is 7.36. The molecule has 0 atom stereocenters. The van der Waals surface area contributed by atoms with Gasteiger partial charge in [-0.2, -0.15) is 0 Å². The summed E-state index contributed by atoms with van der Waals surface area (Å²) in [6.45, 7) is 6.42. The number of methoxy groups -OCH3 is 1. The Hall–Kier alpha value is -0.870. The number of thiol groups is 1. The van der Waals surface area contributed by atoms with Crippen LogP contribution in [-0.4, -0.2) is 14.2 Å². The van der Waals surface area contributed by atoms with E-state index in [-0.39, 0.29) is 5.41 Å². The van der Waals surface area contributed by atoms with Crippen molar-refractivity contribution >= 4 is 18.3 Å². The molecular weight excluding hydrogens is 220 g/mol. The molecule has 0 amide bonds. The average Bonchev–Trinajstić information content (AvgIpc) is 2.19. The van der Waals surface area contributed by atoms with E-state index >= 15 is 0 Å². The van der Waals surface area contributed by atoms with Crippen molar-refractivity contribution in [2.75, 3.05) is 19.9 Å². The summed E-state index contributed by atoms with van der Waals surface area (Å²) in [7, 11) is 3.10. The van der Waals surface area contributed by atoms with Gasteiger partial charge in [0.1, 0.15) is 0 Å². The smallest absolute Gasteiger partial charge is 0.155 e. The minimum Gasteiger partial charge on any atom is -0.493 e. The summed E-state index contributed by atoms with van der Waals surface area (Å²) in [5, 5.41) is 0. The highest BCUT2D eigenvalue weighted by Gasteiger charge is 2.16. The average molecular weight is 242 g/mol. The van der Waals surface area contributed by atoms with E-state index in [4.69, 9.17) is 10.5 Å². The highest BCUT2D eigenvalue weighted by Crippen LogP contribution is 2.35. The van der Waals surface area contributed by atoms with Crippen LogP contribution in [0.5, 0.6) is 5.75 Å². The number of rotatable bonds is 1. The zero-order chi connectivity index (χ0) is 12.9. The van der Waals surface area contributed by atoms with Gasteiger partial charge in [0.15, 0.2) is 5.75 Å². The van der Waals surface area contributed by atoms with Crippen molar-refractivity contribution in [3.63, 3.8) is 0 Å². The van der Waals surface area contributed by atoms with Crippen LogP contribution in [0.3, 0.4) is 0 Å². The molecule has 0 unspecified atom stereocenters. The second kappa shape index (κ2) is 6.01. The van der Waals surface area contributed by atoms with Gasteiger partial charge in [0.2, 0.25) is 0 Å². The van der Waals surface area contributed by atoms with Crippen LogP contribution in [0.2, 0.25) is 0 Å². The number of hydrogen-bond donors (Lipinski definition) is 3. The number of ether oxygens (including phenoxy) is 1. The molecule has 0 radical (unpaired) electrons. The highest BCUT2D eigenvalue weighted by molar-refractivity contribution is 7.80. The van der Waals surface area contributed by atoms with Crippen LogP contribution in [0.1, 0.15) is 26.3 Å². The Morgan fingerprint density at radius 1 is 1.19 bits per heavy atom. The summed E-state index contributed by atoms with van der Waals surface area (Å²) in [5.74, 6) is 0.654. The molecular formula is C12H22N2OS. The summed E-state index contributed by atoms with van der Waals surface area (Å²) in [4.78, 5) is 0.789. The Morgan fingerprint density at radius 2 is 1.69 bits per heavy atom. The molecule has 1 aromatic rings. The lowest BCUT2D eigenvalue weighted by atomic mass is 9.87. The van der Waals surface area contributed by atoms with Gasteiger partial charge in [-0.1, -0.05) is 20.8 Å². The maximum absolute atomic E-state index is 5.86. The second-order valence-electron chi connectivity index (χ2n) is 4.37. The van der Waals surface area contributed by atoms with Crippen LogP contribution < -0.4 is 16.2 Å². The Labute approximate surface area is 104 Å². The molecule has 4 N–H and O–H groups in total. The van der Waals surface area contributed by atoms with Crippen molar-refractivity contribution in [3.05, 3.63) is 17.7 Å². The van der Waals surface area contributed by atoms with E-state index in [2.05, 4.69) is 39.1 Å². The number of anilines is 1. The van der Waals surface area contributed by atoms with Gasteiger partial charge in [-0.25, -0.2) is 0 Å². The fourth-order valence-corrected chi connectivity index (χ4v) is 1.65. The largest absolute Gasteiger partial charge is 0.493 e. The standard InChI is InChI=1S/C11H17NOS.CH5N/c1-11(2,3)7-5-8(12)10(13-4)9(14)6-7;1-2/h5-6,14H,12H2,1-4H3;2H2,1H3. The predicted molar refractivity (Wildman–Crippen MR) is 73.5 cm³/mol. The molecule has 0 heterocycles. The molecule has 0 aliphatic carbocycles. The highest BCUT2D eigenvalue weighted by atomic mass is 32.1. The lowest BCUT2D eigenvalue weighted by Gasteiger charge is -2.21. The minimum atomic E-state index is 0.0812. The fraction of sp³-hybridized carbons (Fsp3) is 0.500. The van der Waals surface area contributed by atoms with E-state index in [1.807, 2.05) is 12.1 Å². The van der Waals surface area contributed by atoms with Crippen molar-refractivity contribution in [2.45, 2.75) is 31.1 Å². The zero-order valence-electron chi connectivity index (χ0n) is 10.7. The van der Waals surface area contributed by atoms with Crippen LogP contribution in [-0.2, 0) is 5.41 Å². The number of nitrogens with two attached hydrogens (primary N) is 2. The maximum atomic E-state index is 5.86. The molecule has 92 valence electrons. The SMILES string of the molecule is CN.COc1c(N)cc(C(C)(C)C)cc1S. The van der Waals surface area contributed by atoms with E-state index < -0.39 is 0 Å². The molecule has 0 saturated carbocycles. The van der Waals surface area contributed by atoms with Gasteiger partial charge < -0.3 is 16.2 Å². The summed E-state index contributed by atoms with van der Waals surface area (Å²) in [6, 6.07) is 3.94. The van der Waals surface area contributed by atoms with Gasteiger partial charge in [-0.15, -0.1) is 12.6 Å². The van der Waals surface area contributed by atoms with Gasteiger partial charge in [0, 0.05) is 4.90 Å². The van der Waals surface area contributed by atoms with Crippen molar-refractivity contribution in [1.29, 1.82) is 0 Å². The molecule has 0 aromatic heterocycles. The van der Waals surface area contributed by atoms with Crippen molar-refractivity contribution in [3.8, 4) is 5.75 Å². The van der Waals surface area contributed by atoms with E-state index in [1.54, 1.807) is 7.11 Å². The van der Waals surface area contributed by atoms with Gasteiger partial charge >= 0.3 is 0 Å². The zero-order valence-corrected chi connectivity index (χ0v) is 11.6. The fourth-order valence-electron chi connectivity index (χ4n) is 1.29. The van der Waals surface area contributed by atoms with Crippen LogP contribution in [0.15, 0.2) is 17.0 Å². The molecule has 1 rings (SSSR count). The third-order valence-electron chi connectivity index (χ3n) is 2.17. The second-order valence-corrected chi connectivity index (χ2v) is 4.85. The predicted octanol–water partition coefficient (Wildman–Crippen LogP) is 2.44. The summed E-state index contributed by atoms with van der Waals surface area (Å²) >= 11 is 4.34. The lowest BCUT2D eigenvalue weighted by Crippen LogP contribution is -2.12. The summed E-state index contributed by atoms with van der Waals surface area (Å²) in [5.41, 5.74) is 12.2. The van der Waals surface area contributed by atoms with E-state index in [0.717, 1.165) is 4.90 Å². The first-order valence-corrected chi connectivity index (χ1v) is 5.55. The molecule has 3 nitrogen and oxygen atoms in total. The van der Waals surface area contributed by atoms with Crippen LogP contribution in [0.25, 0.3) is 0 Å². The van der Waals surface area contributed by atoms with Gasteiger partial charge in [-0.05, 0) is 30.2 Å². The Bertz CT molecular complexity index is 322. The Kier molecular flexibility index (Phi) is 5.68. The Balaban J connectivity index is 0.00000106. The van der Waals surface area contributed by atoms with Crippen molar-refractivity contribution in [2.24, 2.45) is 5.73 Å². The van der Waals surface area contributed by atoms with E-state index in [0.29, 0.717) is 11.4 Å². The van der Waals surface area contributed by atoms with Crippen LogP contribution in [0, 0.1) is 0 Å². The minimum absolute atomic E-state index is 0.0812. The van der Waals surface area contributed by atoms with Gasteiger partial charge in [0.05, 0.1) is 12.8 Å². The molecule has 0 saturated heterocycles. The topological polar surface area (TPSA) is 61.3 Å². The molecule has 4 heteroatoms. The number of hydrogen-bond acceptors (Lipinski definition) is 4. The molecule has 0 fully saturated rings. The summed E-state index contributed by atoms with van der Waals surface area (Å²) < 4.78 is 5.14. The van der Waals surface area contributed by atoms with Crippen molar-refractivity contribution < 1.29 is 4.74 Å². The lowest BCUT2D eigenvalue weighted by molar-refractivity contribution is 0.406. The van der Waals surface area contributed by atoms with Crippen LogP contribution >= 0.6 is 12.6 Å². The summed E-state index contributed by atoms with van der Waals surface area (Å²) in [6.07, 6.45) is 0. The molecule has 1 aromatic carbocycles.